The number of hydrogen-bond acceptors (Lipinski definition) is 2. The van der Waals surface area contributed by atoms with Crippen molar-refractivity contribution in [2.24, 2.45) is 5.73 Å². The normalized spacial score (nSPS) is 12.8. The first-order chi connectivity index (χ1) is 9.54. The third-order valence-corrected chi connectivity index (χ3v) is 4.06. The molecule has 0 aliphatic heterocycles. The van der Waals surface area contributed by atoms with Crippen LogP contribution in [0.1, 0.15) is 28.5 Å². The van der Waals surface area contributed by atoms with Crippen molar-refractivity contribution in [2.75, 3.05) is 0 Å². The topological polar surface area (TPSA) is 39.2 Å². The van der Waals surface area contributed by atoms with Crippen LogP contribution in [0.3, 0.4) is 0 Å². The first-order valence-electron chi connectivity index (χ1n) is 6.56. The lowest BCUT2D eigenvalue weighted by Crippen LogP contribution is -2.12. The van der Waals surface area contributed by atoms with Gasteiger partial charge >= 0.3 is 0 Å². The predicted molar refractivity (Wildman–Crippen MR) is 85.9 cm³/mol. The molecular formula is C17H16BrNO. The summed E-state index contributed by atoms with van der Waals surface area (Å²) in [6, 6.07) is 14.1. The molecule has 0 saturated heterocycles. The van der Waals surface area contributed by atoms with Crippen molar-refractivity contribution >= 4 is 26.9 Å². The van der Waals surface area contributed by atoms with Crippen molar-refractivity contribution in [3.8, 4) is 0 Å². The van der Waals surface area contributed by atoms with Crippen LogP contribution in [-0.2, 0) is 0 Å². The zero-order chi connectivity index (χ0) is 14.3. The number of benzene rings is 2. The van der Waals surface area contributed by atoms with Gasteiger partial charge in [0.05, 0.1) is 6.04 Å². The minimum Gasteiger partial charge on any atom is -0.459 e. The van der Waals surface area contributed by atoms with Gasteiger partial charge < -0.3 is 10.2 Å². The van der Waals surface area contributed by atoms with Crippen LogP contribution in [0.5, 0.6) is 0 Å². The first kappa shape index (κ1) is 13.4. The summed E-state index contributed by atoms with van der Waals surface area (Å²) in [6.07, 6.45) is 0. The highest BCUT2D eigenvalue weighted by Gasteiger charge is 2.16. The number of furan rings is 1. The highest BCUT2D eigenvalue weighted by molar-refractivity contribution is 9.10. The standard InChI is InChI=1S/C17H16BrNO/c1-10-3-6-15-12(7-10)9-16(20-15)17(19)14-5-4-13(18)8-11(14)2/h3-9,17H,19H2,1-2H3. The van der Waals surface area contributed by atoms with Gasteiger partial charge in [0.15, 0.2) is 0 Å². The summed E-state index contributed by atoms with van der Waals surface area (Å²) in [6.45, 7) is 4.14. The number of rotatable bonds is 2. The highest BCUT2D eigenvalue weighted by Crippen LogP contribution is 2.29. The Morgan fingerprint density at radius 3 is 2.60 bits per heavy atom. The Balaban J connectivity index is 2.05. The molecule has 0 saturated carbocycles. The van der Waals surface area contributed by atoms with E-state index < -0.39 is 0 Å². The lowest BCUT2D eigenvalue weighted by atomic mass is 10.00. The van der Waals surface area contributed by atoms with Gasteiger partial charge in [-0.25, -0.2) is 0 Å². The van der Waals surface area contributed by atoms with Crippen molar-refractivity contribution in [3.05, 3.63) is 69.4 Å². The second kappa shape index (κ2) is 5.08. The molecule has 2 nitrogen and oxygen atoms in total. The molecule has 2 aromatic carbocycles. The molecule has 0 radical (unpaired) electrons. The Morgan fingerprint density at radius 1 is 1.05 bits per heavy atom. The Labute approximate surface area is 126 Å². The number of hydrogen-bond donors (Lipinski definition) is 1. The SMILES string of the molecule is Cc1ccc2oc(C(N)c3ccc(Br)cc3C)cc2c1. The van der Waals surface area contributed by atoms with Crippen LogP contribution >= 0.6 is 15.9 Å². The van der Waals surface area contributed by atoms with E-state index in [1.807, 2.05) is 30.3 Å². The third kappa shape index (κ3) is 2.39. The Morgan fingerprint density at radius 2 is 1.85 bits per heavy atom. The summed E-state index contributed by atoms with van der Waals surface area (Å²) in [5, 5.41) is 1.10. The first-order valence-corrected chi connectivity index (χ1v) is 7.35. The maximum absolute atomic E-state index is 6.36. The van der Waals surface area contributed by atoms with Gasteiger partial charge in [-0.05, 0) is 55.3 Å². The zero-order valence-electron chi connectivity index (χ0n) is 11.5. The van der Waals surface area contributed by atoms with E-state index in [1.165, 1.54) is 5.56 Å². The maximum atomic E-state index is 6.36. The zero-order valence-corrected chi connectivity index (χ0v) is 13.1. The van der Waals surface area contributed by atoms with E-state index in [1.54, 1.807) is 0 Å². The molecule has 0 aliphatic rings. The van der Waals surface area contributed by atoms with Crippen LogP contribution in [-0.4, -0.2) is 0 Å². The quantitative estimate of drug-likeness (QED) is 0.729. The van der Waals surface area contributed by atoms with E-state index >= 15 is 0 Å². The van der Waals surface area contributed by atoms with E-state index in [2.05, 4.69) is 41.9 Å². The Bertz CT molecular complexity index is 776. The molecule has 2 N–H and O–H groups in total. The van der Waals surface area contributed by atoms with E-state index in [0.29, 0.717) is 0 Å². The highest BCUT2D eigenvalue weighted by atomic mass is 79.9. The number of fused-ring (bicyclic) bond motifs is 1. The van der Waals surface area contributed by atoms with Gasteiger partial charge in [-0.1, -0.05) is 33.6 Å². The fraction of sp³-hybridized carbons (Fsp3) is 0.176. The van der Waals surface area contributed by atoms with E-state index in [4.69, 9.17) is 10.2 Å². The second-order valence-electron chi connectivity index (χ2n) is 5.17. The summed E-state index contributed by atoms with van der Waals surface area (Å²) in [4.78, 5) is 0. The van der Waals surface area contributed by atoms with Crippen molar-refractivity contribution in [2.45, 2.75) is 19.9 Å². The molecule has 1 atom stereocenters. The molecular weight excluding hydrogens is 314 g/mol. The largest absolute Gasteiger partial charge is 0.459 e. The van der Waals surface area contributed by atoms with Gasteiger partial charge in [-0.3, -0.25) is 0 Å². The molecule has 20 heavy (non-hydrogen) atoms. The number of nitrogens with two attached hydrogens (primary N) is 1. The lowest BCUT2D eigenvalue weighted by Gasteiger charge is -2.12. The number of halogens is 1. The molecule has 0 spiro atoms. The van der Waals surface area contributed by atoms with Crippen molar-refractivity contribution in [1.29, 1.82) is 0 Å². The lowest BCUT2D eigenvalue weighted by molar-refractivity contribution is 0.524. The molecule has 3 aromatic rings. The summed E-state index contributed by atoms with van der Waals surface area (Å²) in [5.41, 5.74) is 10.7. The predicted octanol–water partition coefficient (Wildman–Crippen LogP) is 4.86. The fourth-order valence-electron chi connectivity index (χ4n) is 2.48. The average molecular weight is 330 g/mol. The van der Waals surface area contributed by atoms with Gasteiger partial charge in [0.25, 0.3) is 0 Å². The molecule has 0 bridgehead atoms. The van der Waals surface area contributed by atoms with Crippen molar-refractivity contribution < 1.29 is 4.42 Å². The van der Waals surface area contributed by atoms with E-state index in [9.17, 15) is 0 Å². The molecule has 3 heteroatoms. The number of aryl methyl sites for hydroxylation is 2. The minimum atomic E-state index is -0.240. The molecule has 0 aliphatic carbocycles. The monoisotopic (exact) mass is 329 g/mol. The molecule has 102 valence electrons. The van der Waals surface area contributed by atoms with Crippen LogP contribution < -0.4 is 5.73 Å². The average Bonchev–Trinajstić information content (AvgIpc) is 2.81. The molecule has 3 rings (SSSR count). The van der Waals surface area contributed by atoms with E-state index in [-0.39, 0.29) is 6.04 Å². The molecule has 0 amide bonds. The van der Waals surface area contributed by atoms with Crippen LogP contribution in [0.2, 0.25) is 0 Å². The van der Waals surface area contributed by atoms with Gasteiger partial charge in [0.1, 0.15) is 11.3 Å². The Kier molecular flexibility index (Phi) is 3.40. The fourth-order valence-corrected chi connectivity index (χ4v) is 2.95. The van der Waals surface area contributed by atoms with Gasteiger partial charge in [0.2, 0.25) is 0 Å². The molecule has 1 heterocycles. The summed E-state index contributed by atoms with van der Waals surface area (Å²) in [5.74, 6) is 0.802. The van der Waals surface area contributed by atoms with Crippen LogP contribution in [0.25, 0.3) is 11.0 Å². The van der Waals surface area contributed by atoms with Gasteiger partial charge in [-0.2, -0.15) is 0 Å². The van der Waals surface area contributed by atoms with Gasteiger partial charge in [-0.15, -0.1) is 0 Å². The summed E-state index contributed by atoms with van der Waals surface area (Å²) in [7, 11) is 0. The second-order valence-corrected chi connectivity index (χ2v) is 6.08. The van der Waals surface area contributed by atoms with E-state index in [0.717, 1.165) is 32.3 Å². The van der Waals surface area contributed by atoms with Crippen LogP contribution in [0, 0.1) is 13.8 Å². The smallest absolute Gasteiger partial charge is 0.134 e. The summed E-state index contributed by atoms with van der Waals surface area (Å²) < 4.78 is 6.95. The van der Waals surface area contributed by atoms with Crippen molar-refractivity contribution in [3.63, 3.8) is 0 Å². The molecule has 1 aromatic heterocycles. The molecule has 1 unspecified atom stereocenters. The van der Waals surface area contributed by atoms with Crippen LogP contribution in [0.4, 0.5) is 0 Å². The minimum absolute atomic E-state index is 0.240. The third-order valence-electron chi connectivity index (χ3n) is 3.56. The van der Waals surface area contributed by atoms with Crippen molar-refractivity contribution in [1.82, 2.24) is 0 Å². The van der Waals surface area contributed by atoms with Crippen LogP contribution in [0.15, 0.2) is 51.4 Å². The van der Waals surface area contributed by atoms with Gasteiger partial charge in [0, 0.05) is 9.86 Å². The molecule has 0 fully saturated rings. The summed E-state index contributed by atoms with van der Waals surface area (Å²) >= 11 is 3.47. The Hall–Kier alpha value is -1.58. The maximum Gasteiger partial charge on any atom is 0.134 e.